The van der Waals surface area contributed by atoms with Gasteiger partial charge in [-0.15, -0.1) is 0 Å². The first-order valence-corrected chi connectivity index (χ1v) is 9.54. The van der Waals surface area contributed by atoms with E-state index in [1.807, 2.05) is 6.07 Å². The number of likely N-dealkylation sites (N-methyl/N-ethyl adjacent to an activating group) is 1. The van der Waals surface area contributed by atoms with E-state index in [9.17, 15) is 0 Å². The van der Waals surface area contributed by atoms with E-state index in [4.69, 9.17) is 4.52 Å². The molecule has 0 N–H and O–H groups in total. The predicted octanol–water partition coefficient (Wildman–Crippen LogP) is 3.23. The van der Waals surface area contributed by atoms with Crippen molar-refractivity contribution in [3.05, 3.63) is 52.4 Å². The molecule has 3 rings (SSSR count). The Morgan fingerprint density at radius 3 is 2.46 bits per heavy atom. The molecule has 1 saturated heterocycles. The first kappa shape index (κ1) is 19.1. The zero-order valence-electron chi connectivity index (χ0n) is 16.8. The van der Waals surface area contributed by atoms with Crippen molar-refractivity contribution in [2.75, 3.05) is 40.3 Å². The van der Waals surface area contributed by atoms with Crippen LogP contribution in [0.2, 0.25) is 0 Å². The molecule has 0 bridgehead atoms. The maximum absolute atomic E-state index is 5.00. The van der Waals surface area contributed by atoms with Gasteiger partial charge in [0.25, 0.3) is 0 Å². The highest BCUT2D eigenvalue weighted by Gasteiger charge is 2.18. The van der Waals surface area contributed by atoms with Gasteiger partial charge in [-0.2, -0.15) is 0 Å². The van der Waals surface area contributed by atoms with Crippen LogP contribution in [-0.2, 0) is 13.1 Å². The fourth-order valence-corrected chi connectivity index (χ4v) is 3.60. The third-order valence-electron chi connectivity index (χ3n) is 5.75. The molecule has 1 aromatic carbocycles. The molecule has 0 spiro atoms. The van der Waals surface area contributed by atoms with Crippen molar-refractivity contribution in [2.45, 2.75) is 39.9 Å². The van der Waals surface area contributed by atoms with Gasteiger partial charge < -0.3 is 9.42 Å². The molecule has 1 aliphatic heterocycles. The zero-order chi connectivity index (χ0) is 18.7. The first-order valence-electron chi connectivity index (χ1n) is 9.54. The van der Waals surface area contributed by atoms with Gasteiger partial charge in [0.15, 0.2) is 0 Å². The topological polar surface area (TPSA) is 35.8 Å². The van der Waals surface area contributed by atoms with Gasteiger partial charge in [0, 0.05) is 45.3 Å². The van der Waals surface area contributed by atoms with Crippen LogP contribution in [0, 0.1) is 13.8 Å². The SMILES string of the molecule is Cc1cc(C)c(CN(C)[C@@H](C)c2ccon2)cc1CN1CCN(C)CC1. The van der Waals surface area contributed by atoms with Gasteiger partial charge >= 0.3 is 0 Å². The van der Waals surface area contributed by atoms with Gasteiger partial charge in [0.05, 0.1) is 6.04 Å². The molecule has 142 valence electrons. The lowest BCUT2D eigenvalue weighted by atomic mass is 9.98. The van der Waals surface area contributed by atoms with E-state index >= 15 is 0 Å². The van der Waals surface area contributed by atoms with E-state index in [2.05, 4.69) is 66.9 Å². The van der Waals surface area contributed by atoms with Gasteiger partial charge in [-0.3, -0.25) is 9.80 Å². The van der Waals surface area contributed by atoms with E-state index in [-0.39, 0.29) is 6.04 Å². The smallest absolute Gasteiger partial charge is 0.124 e. The Hall–Kier alpha value is -1.69. The number of hydrogen-bond acceptors (Lipinski definition) is 5. The molecule has 1 fully saturated rings. The summed E-state index contributed by atoms with van der Waals surface area (Å²) in [5.74, 6) is 0. The Morgan fingerprint density at radius 1 is 1.12 bits per heavy atom. The monoisotopic (exact) mass is 356 g/mol. The number of aryl methyl sites for hydroxylation is 2. The van der Waals surface area contributed by atoms with Crippen LogP contribution >= 0.6 is 0 Å². The Balaban J connectivity index is 1.71. The largest absolute Gasteiger partial charge is 0.364 e. The fourth-order valence-electron chi connectivity index (χ4n) is 3.60. The lowest BCUT2D eigenvalue weighted by Crippen LogP contribution is -2.44. The van der Waals surface area contributed by atoms with E-state index in [1.54, 1.807) is 6.26 Å². The Bertz CT molecular complexity index is 705. The standard InChI is InChI=1S/C21H32N4O/c1-16-12-17(2)20(15-25-9-7-23(4)8-10-25)13-19(16)14-24(5)18(3)21-6-11-26-22-21/h6,11-13,18H,7-10,14-15H2,1-5H3/t18-/m0/s1. The minimum atomic E-state index is 0.232. The van der Waals surface area contributed by atoms with Crippen molar-refractivity contribution in [2.24, 2.45) is 0 Å². The van der Waals surface area contributed by atoms with E-state index in [1.165, 1.54) is 22.3 Å². The van der Waals surface area contributed by atoms with Gasteiger partial charge in [0.1, 0.15) is 12.0 Å². The average Bonchev–Trinajstić information content (AvgIpc) is 3.14. The van der Waals surface area contributed by atoms with Crippen molar-refractivity contribution in [3.63, 3.8) is 0 Å². The van der Waals surface area contributed by atoms with Crippen LogP contribution in [0.3, 0.4) is 0 Å². The van der Waals surface area contributed by atoms with Crippen LogP contribution in [0.1, 0.15) is 40.9 Å². The van der Waals surface area contributed by atoms with Crippen LogP contribution < -0.4 is 0 Å². The molecule has 2 heterocycles. The summed E-state index contributed by atoms with van der Waals surface area (Å²) < 4.78 is 5.00. The molecule has 0 saturated carbocycles. The fraction of sp³-hybridized carbons (Fsp3) is 0.571. The van der Waals surface area contributed by atoms with Gasteiger partial charge in [-0.1, -0.05) is 17.3 Å². The normalized spacial score (nSPS) is 17.8. The number of hydrogen-bond donors (Lipinski definition) is 0. The van der Waals surface area contributed by atoms with Gasteiger partial charge in [0.2, 0.25) is 0 Å². The third-order valence-corrected chi connectivity index (χ3v) is 5.75. The first-order chi connectivity index (χ1) is 12.4. The molecule has 2 aromatic rings. The summed E-state index contributed by atoms with van der Waals surface area (Å²) in [4.78, 5) is 7.31. The van der Waals surface area contributed by atoms with Crippen molar-refractivity contribution in [1.29, 1.82) is 0 Å². The van der Waals surface area contributed by atoms with Gasteiger partial charge in [-0.25, -0.2) is 0 Å². The Morgan fingerprint density at radius 2 is 1.81 bits per heavy atom. The minimum Gasteiger partial charge on any atom is -0.364 e. The van der Waals surface area contributed by atoms with Crippen molar-refractivity contribution in [3.8, 4) is 0 Å². The summed E-state index contributed by atoms with van der Waals surface area (Å²) in [6.45, 7) is 13.2. The number of benzene rings is 1. The lowest BCUT2D eigenvalue weighted by molar-refractivity contribution is 0.148. The molecule has 0 aliphatic carbocycles. The second-order valence-corrected chi connectivity index (χ2v) is 7.80. The lowest BCUT2D eigenvalue weighted by Gasteiger charge is -2.33. The highest BCUT2D eigenvalue weighted by Crippen LogP contribution is 2.23. The number of nitrogens with zero attached hydrogens (tertiary/aromatic N) is 4. The van der Waals surface area contributed by atoms with Crippen molar-refractivity contribution in [1.82, 2.24) is 19.9 Å². The number of rotatable bonds is 6. The van der Waals surface area contributed by atoms with Crippen LogP contribution in [0.5, 0.6) is 0 Å². The van der Waals surface area contributed by atoms with Crippen LogP contribution in [-0.4, -0.2) is 60.1 Å². The summed E-state index contributed by atoms with van der Waals surface area (Å²) in [5, 5.41) is 4.09. The third kappa shape index (κ3) is 4.53. The van der Waals surface area contributed by atoms with E-state index in [0.717, 1.165) is 45.0 Å². The quantitative estimate of drug-likeness (QED) is 0.794. The molecule has 1 aromatic heterocycles. The molecular weight excluding hydrogens is 324 g/mol. The minimum absolute atomic E-state index is 0.232. The molecule has 1 atom stereocenters. The summed E-state index contributed by atoms with van der Waals surface area (Å²) in [6, 6.07) is 6.93. The molecule has 5 heteroatoms. The highest BCUT2D eigenvalue weighted by atomic mass is 16.5. The number of aromatic nitrogens is 1. The average molecular weight is 357 g/mol. The Kier molecular flexibility index (Phi) is 6.12. The molecule has 0 amide bonds. The second-order valence-electron chi connectivity index (χ2n) is 7.80. The molecule has 0 unspecified atom stereocenters. The second kappa shape index (κ2) is 8.33. The maximum Gasteiger partial charge on any atom is 0.124 e. The molecular formula is C21H32N4O. The zero-order valence-corrected chi connectivity index (χ0v) is 16.8. The van der Waals surface area contributed by atoms with Crippen LogP contribution in [0.4, 0.5) is 0 Å². The van der Waals surface area contributed by atoms with Crippen LogP contribution in [0.25, 0.3) is 0 Å². The summed E-state index contributed by atoms with van der Waals surface area (Å²) in [7, 11) is 4.36. The van der Waals surface area contributed by atoms with Gasteiger partial charge in [-0.05, 0) is 57.1 Å². The van der Waals surface area contributed by atoms with E-state index < -0.39 is 0 Å². The molecule has 0 radical (unpaired) electrons. The summed E-state index contributed by atoms with van der Waals surface area (Å²) >= 11 is 0. The molecule has 26 heavy (non-hydrogen) atoms. The molecule has 1 aliphatic rings. The van der Waals surface area contributed by atoms with Crippen molar-refractivity contribution < 1.29 is 4.52 Å². The Labute approximate surface area is 157 Å². The summed E-state index contributed by atoms with van der Waals surface area (Å²) in [5.41, 5.74) is 6.60. The summed E-state index contributed by atoms with van der Waals surface area (Å²) in [6.07, 6.45) is 1.64. The van der Waals surface area contributed by atoms with Crippen LogP contribution in [0.15, 0.2) is 29.0 Å². The van der Waals surface area contributed by atoms with Crippen molar-refractivity contribution >= 4 is 0 Å². The van der Waals surface area contributed by atoms with E-state index in [0.29, 0.717) is 0 Å². The maximum atomic E-state index is 5.00. The predicted molar refractivity (Wildman–Crippen MR) is 105 cm³/mol. The number of piperazine rings is 1. The highest BCUT2D eigenvalue weighted by molar-refractivity contribution is 5.37. The molecule has 5 nitrogen and oxygen atoms in total.